The predicted octanol–water partition coefficient (Wildman–Crippen LogP) is 7.16. The van der Waals surface area contributed by atoms with Crippen molar-refractivity contribution in [2.24, 2.45) is 0 Å². The van der Waals surface area contributed by atoms with Crippen LogP contribution in [0.25, 0.3) is 27.5 Å². The maximum absolute atomic E-state index is 2.42. The van der Waals surface area contributed by atoms with E-state index in [1.54, 1.807) is 11.1 Å². The number of halogens is 1. The number of allylic oxidation sites excluding steroid dienone is 4. The van der Waals surface area contributed by atoms with Crippen molar-refractivity contribution in [2.45, 2.75) is 25.7 Å². The van der Waals surface area contributed by atoms with Gasteiger partial charge in [-0.3, -0.25) is 0 Å². The minimum absolute atomic E-state index is 1.16. The molecule has 0 nitrogen and oxygen atoms in total. The van der Waals surface area contributed by atoms with Crippen molar-refractivity contribution in [3.8, 4) is 11.1 Å². The van der Waals surface area contributed by atoms with Crippen molar-refractivity contribution in [1.82, 2.24) is 0 Å². The molecular weight excluding hydrogens is 415 g/mol. The second-order valence-corrected chi connectivity index (χ2v) is 8.27. The summed E-state index contributed by atoms with van der Waals surface area (Å²) in [5.74, 6) is 0. The number of rotatable bonds is 1. The van der Waals surface area contributed by atoms with E-state index in [1.165, 1.54) is 55.9 Å². The van der Waals surface area contributed by atoms with E-state index in [0.29, 0.717) is 0 Å². The number of benzene rings is 3. The quantitative estimate of drug-likeness (QED) is 0.357. The molecule has 3 aromatic carbocycles. The summed E-state index contributed by atoms with van der Waals surface area (Å²) >= 11 is 2.38. The summed E-state index contributed by atoms with van der Waals surface area (Å²) in [5, 5.41) is 2.63. The largest absolute Gasteiger partial charge is 0.0839 e. The van der Waals surface area contributed by atoms with Gasteiger partial charge in [-0.1, -0.05) is 48.6 Å². The molecule has 0 spiro atoms. The Bertz CT molecular complexity index is 1050. The molecule has 2 aliphatic carbocycles. The van der Waals surface area contributed by atoms with E-state index >= 15 is 0 Å². The number of hydrogen-bond donors (Lipinski definition) is 0. The summed E-state index contributed by atoms with van der Waals surface area (Å²) in [6, 6.07) is 20.6. The maximum Gasteiger partial charge on any atom is 0.0136 e. The smallest absolute Gasteiger partial charge is 0.0136 e. The van der Waals surface area contributed by atoms with E-state index in [1.807, 2.05) is 0 Å². The van der Waals surface area contributed by atoms with Crippen LogP contribution < -0.4 is 0 Å². The first-order valence-corrected chi connectivity index (χ1v) is 10.1. The molecule has 0 heterocycles. The SMILES string of the molecule is Ic1ccc2cc(-c3ccc4c(c3)CCC3=C4CCC=C3)ccc2c1. The van der Waals surface area contributed by atoms with Gasteiger partial charge in [-0.2, -0.15) is 0 Å². The van der Waals surface area contributed by atoms with Crippen LogP contribution >= 0.6 is 22.6 Å². The zero-order valence-electron chi connectivity index (χ0n) is 14.1. The Labute approximate surface area is 162 Å². The van der Waals surface area contributed by atoms with Crippen LogP contribution in [0.15, 0.2) is 72.3 Å². The van der Waals surface area contributed by atoms with Crippen LogP contribution in [0.2, 0.25) is 0 Å². The molecule has 2 aliphatic rings. The molecule has 122 valence electrons. The Kier molecular flexibility index (Phi) is 3.78. The number of hydrogen-bond acceptors (Lipinski definition) is 0. The van der Waals surface area contributed by atoms with E-state index < -0.39 is 0 Å². The van der Waals surface area contributed by atoms with Crippen molar-refractivity contribution in [3.63, 3.8) is 0 Å². The summed E-state index contributed by atoms with van der Waals surface area (Å²) in [6.45, 7) is 0. The lowest BCUT2D eigenvalue weighted by molar-refractivity contribution is 0.897. The third kappa shape index (κ3) is 2.75. The third-order valence-electron chi connectivity index (χ3n) is 5.50. The van der Waals surface area contributed by atoms with Gasteiger partial charge in [-0.15, -0.1) is 0 Å². The second kappa shape index (κ2) is 6.14. The molecule has 0 aliphatic heterocycles. The van der Waals surface area contributed by atoms with E-state index in [2.05, 4.69) is 89.3 Å². The van der Waals surface area contributed by atoms with Gasteiger partial charge in [-0.05, 0) is 111 Å². The van der Waals surface area contributed by atoms with Crippen molar-refractivity contribution in [1.29, 1.82) is 0 Å². The topological polar surface area (TPSA) is 0 Å². The molecule has 0 aromatic heterocycles. The lowest BCUT2D eigenvalue weighted by Crippen LogP contribution is -2.06. The zero-order chi connectivity index (χ0) is 16.8. The lowest BCUT2D eigenvalue weighted by Gasteiger charge is -2.25. The summed E-state index contributed by atoms with van der Waals surface area (Å²) in [4.78, 5) is 0. The number of fused-ring (bicyclic) bond motifs is 3. The van der Waals surface area contributed by atoms with Gasteiger partial charge in [0.15, 0.2) is 0 Å². The molecule has 0 radical (unpaired) electrons. The fourth-order valence-corrected chi connectivity index (χ4v) is 4.71. The Morgan fingerprint density at radius 2 is 1.52 bits per heavy atom. The van der Waals surface area contributed by atoms with Gasteiger partial charge in [-0.25, -0.2) is 0 Å². The lowest BCUT2D eigenvalue weighted by atomic mass is 9.80. The van der Waals surface area contributed by atoms with Crippen LogP contribution in [-0.2, 0) is 6.42 Å². The molecule has 3 aromatic rings. The van der Waals surface area contributed by atoms with E-state index in [9.17, 15) is 0 Å². The summed E-state index contributed by atoms with van der Waals surface area (Å²) < 4.78 is 1.29. The van der Waals surface area contributed by atoms with Crippen molar-refractivity contribution in [3.05, 3.63) is 87.0 Å². The third-order valence-corrected chi connectivity index (χ3v) is 6.17. The molecule has 0 atom stereocenters. The van der Waals surface area contributed by atoms with Crippen LogP contribution in [0, 0.1) is 3.57 Å². The Balaban J connectivity index is 1.59. The van der Waals surface area contributed by atoms with Crippen LogP contribution in [0.1, 0.15) is 30.4 Å². The average Bonchev–Trinajstić information content (AvgIpc) is 2.67. The maximum atomic E-state index is 2.42. The highest BCUT2D eigenvalue weighted by Crippen LogP contribution is 2.39. The van der Waals surface area contributed by atoms with Gasteiger partial charge in [0, 0.05) is 3.57 Å². The zero-order valence-corrected chi connectivity index (χ0v) is 16.2. The molecule has 0 saturated heterocycles. The van der Waals surface area contributed by atoms with E-state index in [-0.39, 0.29) is 0 Å². The van der Waals surface area contributed by atoms with E-state index in [0.717, 1.165) is 6.42 Å². The van der Waals surface area contributed by atoms with Crippen molar-refractivity contribution < 1.29 is 0 Å². The number of aryl methyl sites for hydroxylation is 1. The average molecular weight is 434 g/mol. The van der Waals surface area contributed by atoms with Gasteiger partial charge >= 0.3 is 0 Å². The minimum Gasteiger partial charge on any atom is -0.0839 e. The minimum atomic E-state index is 1.16. The molecule has 0 fully saturated rings. The fraction of sp³-hybridized carbons (Fsp3) is 0.167. The summed E-state index contributed by atoms with van der Waals surface area (Å²) in [5.41, 5.74) is 8.82. The highest BCUT2D eigenvalue weighted by molar-refractivity contribution is 14.1. The van der Waals surface area contributed by atoms with Gasteiger partial charge in [0.2, 0.25) is 0 Å². The highest BCUT2D eigenvalue weighted by Gasteiger charge is 2.19. The summed E-state index contributed by atoms with van der Waals surface area (Å²) in [7, 11) is 0. The normalized spacial score (nSPS) is 16.0. The molecule has 0 unspecified atom stereocenters. The van der Waals surface area contributed by atoms with Gasteiger partial charge in [0.25, 0.3) is 0 Å². The molecular formula is C24H19I. The van der Waals surface area contributed by atoms with Crippen molar-refractivity contribution in [2.75, 3.05) is 0 Å². The first kappa shape index (κ1) is 15.4. The first-order chi connectivity index (χ1) is 12.3. The van der Waals surface area contributed by atoms with Crippen molar-refractivity contribution >= 4 is 38.9 Å². The highest BCUT2D eigenvalue weighted by atomic mass is 127. The standard InChI is InChI=1S/C24H19I/c25-22-11-9-18-13-17(6-7-20(18)15-22)19-10-12-24-21(14-19)8-5-16-3-1-2-4-23(16)24/h1,3,6-7,9-15H,2,4-5,8H2. The molecule has 0 amide bonds. The molecule has 0 saturated carbocycles. The van der Waals surface area contributed by atoms with Crippen LogP contribution in [-0.4, -0.2) is 0 Å². The molecule has 0 N–H and O–H groups in total. The Morgan fingerprint density at radius 1 is 0.720 bits per heavy atom. The molecule has 0 bridgehead atoms. The summed E-state index contributed by atoms with van der Waals surface area (Å²) in [6.07, 6.45) is 9.42. The van der Waals surface area contributed by atoms with Crippen LogP contribution in [0.4, 0.5) is 0 Å². The molecule has 25 heavy (non-hydrogen) atoms. The Hall–Kier alpha value is -1.87. The predicted molar refractivity (Wildman–Crippen MR) is 116 cm³/mol. The Morgan fingerprint density at radius 3 is 2.48 bits per heavy atom. The monoisotopic (exact) mass is 434 g/mol. The van der Waals surface area contributed by atoms with Gasteiger partial charge in [0.05, 0.1) is 0 Å². The second-order valence-electron chi connectivity index (χ2n) is 7.02. The van der Waals surface area contributed by atoms with E-state index in [4.69, 9.17) is 0 Å². The fourth-order valence-electron chi connectivity index (χ4n) is 4.20. The van der Waals surface area contributed by atoms with Gasteiger partial charge < -0.3 is 0 Å². The van der Waals surface area contributed by atoms with Gasteiger partial charge in [0.1, 0.15) is 0 Å². The van der Waals surface area contributed by atoms with Crippen LogP contribution in [0.5, 0.6) is 0 Å². The molecule has 5 rings (SSSR count). The van der Waals surface area contributed by atoms with Crippen LogP contribution in [0.3, 0.4) is 0 Å². The molecule has 1 heteroatoms. The first-order valence-electron chi connectivity index (χ1n) is 8.99.